The van der Waals surface area contributed by atoms with Gasteiger partial charge in [-0.25, -0.2) is 0 Å². The van der Waals surface area contributed by atoms with Crippen molar-refractivity contribution in [3.63, 3.8) is 0 Å². The number of hydrogen-bond donors (Lipinski definition) is 0. The summed E-state index contributed by atoms with van der Waals surface area (Å²) in [5, 5.41) is 0. The fraction of sp³-hybridized carbons (Fsp3) is 0.533. The molecule has 0 aliphatic carbocycles. The lowest BCUT2D eigenvalue weighted by atomic mass is 10.3. The highest BCUT2D eigenvalue weighted by Gasteiger charge is 2.14. The van der Waals surface area contributed by atoms with Crippen LogP contribution in [0.3, 0.4) is 0 Å². The third kappa shape index (κ3) is 3.82. The predicted octanol–water partition coefficient (Wildman–Crippen LogP) is 2.81. The number of nitrogens with zero attached hydrogens (tertiary/aromatic N) is 1. The Balaban J connectivity index is 1.97. The third-order valence-electron chi connectivity index (χ3n) is 3.25. The van der Waals surface area contributed by atoms with Crippen LogP contribution in [0.25, 0.3) is 0 Å². The van der Waals surface area contributed by atoms with Gasteiger partial charge >= 0.3 is 0 Å². The Kier molecular flexibility index (Phi) is 5.17. The molecular formula is C15H21NO3S. The molecule has 4 nitrogen and oxygen atoms in total. The minimum absolute atomic E-state index is 0.136. The lowest BCUT2D eigenvalue weighted by Crippen LogP contribution is -2.34. The van der Waals surface area contributed by atoms with E-state index in [1.54, 1.807) is 4.90 Å². The second-order valence-electron chi connectivity index (χ2n) is 5.05. The van der Waals surface area contributed by atoms with Crippen molar-refractivity contribution in [3.05, 3.63) is 18.2 Å². The Morgan fingerprint density at radius 2 is 2.00 bits per heavy atom. The topological polar surface area (TPSA) is 38.8 Å². The van der Waals surface area contributed by atoms with Crippen LogP contribution < -0.4 is 9.47 Å². The van der Waals surface area contributed by atoms with Crippen molar-refractivity contribution in [3.8, 4) is 11.5 Å². The molecule has 1 amide bonds. The van der Waals surface area contributed by atoms with E-state index in [-0.39, 0.29) is 11.9 Å². The monoisotopic (exact) mass is 295 g/mol. The van der Waals surface area contributed by atoms with Gasteiger partial charge in [-0.3, -0.25) is 4.79 Å². The van der Waals surface area contributed by atoms with E-state index < -0.39 is 0 Å². The molecule has 0 spiro atoms. The summed E-state index contributed by atoms with van der Waals surface area (Å²) in [6, 6.07) is 6.07. The summed E-state index contributed by atoms with van der Waals surface area (Å²) < 4.78 is 11.2. The maximum absolute atomic E-state index is 12.0. The number of thioether (sulfide) groups is 1. The van der Waals surface area contributed by atoms with Gasteiger partial charge in [0.25, 0.3) is 0 Å². The Morgan fingerprint density at radius 1 is 1.30 bits per heavy atom. The lowest BCUT2D eigenvalue weighted by molar-refractivity contribution is -0.128. The lowest BCUT2D eigenvalue weighted by Gasteiger charge is -2.21. The molecule has 1 aliphatic rings. The first kappa shape index (κ1) is 15.0. The zero-order valence-corrected chi connectivity index (χ0v) is 13.0. The molecule has 0 fully saturated rings. The van der Waals surface area contributed by atoms with Gasteiger partial charge in [0, 0.05) is 24.4 Å². The summed E-state index contributed by atoms with van der Waals surface area (Å²) in [5.74, 6) is 2.14. The molecule has 1 aliphatic heterocycles. The molecule has 0 saturated carbocycles. The number of fused-ring (bicyclic) bond motifs is 1. The summed E-state index contributed by atoms with van der Waals surface area (Å²) in [5.41, 5.74) is 0. The standard InChI is InChI=1S/C15H21NO3S/c1-11(2)16(3)15(17)10-20-12-5-6-13-14(9-12)19-8-4-7-18-13/h5-6,9,11H,4,7-8,10H2,1-3H3. The number of ether oxygens (including phenoxy) is 2. The van der Waals surface area contributed by atoms with E-state index in [0.29, 0.717) is 19.0 Å². The molecule has 0 bridgehead atoms. The van der Waals surface area contributed by atoms with Crippen molar-refractivity contribution in [2.75, 3.05) is 26.0 Å². The molecule has 1 aromatic rings. The number of carbonyl (C=O) groups is 1. The fourth-order valence-electron chi connectivity index (χ4n) is 1.77. The van der Waals surface area contributed by atoms with Gasteiger partial charge in [-0.1, -0.05) is 0 Å². The van der Waals surface area contributed by atoms with E-state index in [9.17, 15) is 4.79 Å². The molecule has 0 radical (unpaired) electrons. The molecule has 0 aromatic heterocycles. The van der Waals surface area contributed by atoms with Crippen molar-refractivity contribution in [2.45, 2.75) is 31.2 Å². The molecule has 0 saturated heterocycles. The first-order chi connectivity index (χ1) is 9.58. The first-order valence-corrected chi connectivity index (χ1v) is 7.84. The molecule has 1 heterocycles. The Hall–Kier alpha value is -1.36. The number of benzene rings is 1. The van der Waals surface area contributed by atoms with Crippen LogP contribution in [0.15, 0.2) is 23.1 Å². The highest BCUT2D eigenvalue weighted by Crippen LogP contribution is 2.33. The average Bonchev–Trinajstić information content (AvgIpc) is 2.68. The quantitative estimate of drug-likeness (QED) is 0.801. The maximum Gasteiger partial charge on any atom is 0.232 e. The Labute approximate surface area is 124 Å². The second-order valence-corrected chi connectivity index (χ2v) is 6.09. The van der Waals surface area contributed by atoms with Crippen molar-refractivity contribution < 1.29 is 14.3 Å². The summed E-state index contributed by atoms with van der Waals surface area (Å²) in [4.78, 5) is 14.7. The molecule has 1 aromatic carbocycles. The van der Waals surface area contributed by atoms with E-state index in [4.69, 9.17) is 9.47 Å². The minimum Gasteiger partial charge on any atom is -0.490 e. The van der Waals surface area contributed by atoms with Gasteiger partial charge in [-0.15, -0.1) is 11.8 Å². The van der Waals surface area contributed by atoms with E-state index in [0.717, 1.165) is 22.8 Å². The van der Waals surface area contributed by atoms with E-state index in [2.05, 4.69) is 0 Å². The summed E-state index contributed by atoms with van der Waals surface area (Å²) in [6.07, 6.45) is 0.898. The molecule has 0 unspecified atom stereocenters. The van der Waals surface area contributed by atoms with Crippen molar-refractivity contribution >= 4 is 17.7 Å². The van der Waals surface area contributed by atoms with Gasteiger partial charge in [0.05, 0.1) is 19.0 Å². The zero-order chi connectivity index (χ0) is 14.5. The van der Waals surface area contributed by atoms with E-state index >= 15 is 0 Å². The maximum atomic E-state index is 12.0. The van der Waals surface area contributed by atoms with E-state index in [1.165, 1.54) is 11.8 Å². The Morgan fingerprint density at radius 3 is 2.70 bits per heavy atom. The van der Waals surface area contributed by atoms with Crippen LogP contribution in [-0.2, 0) is 4.79 Å². The summed E-state index contributed by atoms with van der Waals surface area (Å²) >= 11 is 1.53. The van der Waals surface area contributed by atoms with Gasteiger partial charge < -0.3 is 14.4 Å². The number of amides is 1. The zero-order valence-electron chi connectivity index (χ0n) is 12.2. The van der Waals surface area contributed by atoms with Crippen molar-refractivity contribution in [1.29, 1.82) is 0 Å². The van der Waals surface area contributed by atoms with Crippen LogP contribution in [0.2, 0.25) is 0 Å². The molecule has 2 rings (SSSR count). The van der Waals surface area contributed by atoms with Crippen molar-refractivity contribution in [2.24, 2.45) is 0 Å². The largest absolute Gasteiger partial charge is 0.490 e. The molecule has 110 valence electrons. The fourth-order valence-corrected chi connectivity index (χ4v) is 2.62. The smallest absolute Gasteiger partial charge is 0.232 e. The van der Waals surface area contributed by atoms with Crippen LogP contribution in [0.1, 0.15) is 20.3 Å². The van der Waals surface area contributed by atoms with Crippen LogP contribution in [0, 0.1) is 0 Å². The summed E-state index contributed by atoms with van der Waals surface area (Å²) in [7, 11) is 1.83. The first-order valence-electron chi connectivity index (χ1n) is 6.86. The highest BCUT2D eigenvalue weighted by molar-refractivity contribution is 8.00. The SMILES string of the molecule is CC(C)N(C)C(=O)CSc1ccc2c(c1)OCCCO2. The van der Waals surface area contributed by atoms with Gasteiger partial charge in [-0.2, -0.15) is 0 Å². The van der Waals surface area contributed by atoms with Gasteiger partial charge in [0.1, 0.15) is 0 Å². The molecule has 0 N–H and O–H groups in total. The van der Waals surface area contributed by atoms with E-state index in [1.807, 2.05) is 39.1 Å². The normalized spacial score (nSPS) is 14.0. The molecule has 20 heavy (non-hydrogen) atoms. The van der Waals surface area contributed by atoms with Crippen LogP contribution >= 0.6 is 11.8 Å². The number of carbonyl (C=O) groups excluding carboxylic acids is 1. The van der Waals surface area contributed by atoms with Gasteiger partial charge in [-0.05, 0) is 32.0 Å². The van der Waals surface area contributed by atoms with Crippen LogP contribution in [-0.4, -0.2) is 42.9 Å². The summed E-state index contributed by atoms with van der Waals surface area (Å²) in [6.45, 7) is 5.39. The minimum atomic E-state index is 0.136. The Bertz CT molecular complexity index is 476. The predicted molar refractivity (Wildman–Crippen MR) is 80.7 cm³/mol. The van der Waals surface area contributed by atoms with Gasteiger partial charge in [0.15, 0.2) is 11.5 Å². The van der Waals surface area contributed by atoms with Crippen LogP contribution in [0.4, 0.5) is 0 Å². The third-order valence-corrected chi connectivity index (χ3v) is 4.23. The van der Waals surface area contributed by atoms with Gasteiger partial charge in [0.2, 0.25) is 5.91 Å². The number of rotatable bonds is 4. The average molecular weight is 295 g/mol. The number of hydrogen-bond acceptors (Lipinski definition) is 4. The molecule has 5 heteroatoms. The van der Waals surface area contributed by atoms with Crippen LogP contribution in [0.5, 0.6) is 11.5 Å². The highest BCUT2D eigenvalue weighted by atomic mass is 32.2. The van der Waals surface area contributed by atoms with Crippen molar-refractivity contribution in [1.82, 2.24) is 4.90 Å². The molecule has 0 atom stereocenters. The second kappa shape index (κ2) is 6.88. The molecular weight excluding hydrogens is 274 g/mol.